The second kappa shape index (κ2) is 5.92. The maximum atomic E-state index is 13.3. The van der Waals surface area contributed by atoms with Gasteiger partial charge in [0, 0.05) is 12.1 Å². The number of benzene rings is 1. The number of nitrogens with one attached hydrogen (secondary N) is 1. The Balaban J connectivity index is 0.00000289. The highest BCUT2D eigenvalue weighted by Gasteiger charge is 2.22. The van der Waals surface area contributed by atoms with Gasteiger partial charge in [-0.05, 0) is 32.0 Å². The summed E-state index contributed by atoms with van der Waals surface area (Å²) in [6, 6.07) is 2.24. The number of sulfonamides is 1. The lowest BCUT2D eigenvalue weighted by molar-refractivity contribution is 0.493. The van der Waals surface area contributed by atoms with Crippen LogP contribution in [0.25, 0.3) is 0 Å². The van der Waals surface area contributed by atoms with E-state index in [1.807, 2.05) is 0 Å². The summed E-state index contributed by atoms with van der Waals surface area (Å²) in [6.07, 6.45) is 0. The van der Waals surface area contributed by atoms with E-state index in [1.165, 1.54) is 0 Å². The van der Waals surface area contributed by atoms with Gasteiger partial charge >= 0.3 is 0 Å². The van der Waals surface area contributed by atoms with Crippen molar-refractivity contribution in [3.63, 3.8) is 0 Å². The van der Waals surface area contributed by atoms with E-state index in [2.05, 4.69) is 4.72 Å². The molecule has 0 heterocycles. The highest BCUT2D eigenvalue weighted by molar-refractivity contribution is 7.89. The van der Waals surface area contributed by atoms with E-state index in [-0.39, 0.29) is 19.0 Å². The molecule has 0 spiro atoms. The Labute approximate surface area is 111 Å². The maximum Gasteiger partial charge on any atom is 0.243 e. The molecule has 8 heteroatoms. The van der Waals surface area contributed by atoms with E-state index in [9.17, 15) is 17.2 Å². The summed E-state index contributed by atoms with van der Waals surface area (Å²) in [7, 11) is -4.09. The summed E-state index contributed by atoms with van der Waals surface area (Å²) < 4.78 is 51.6. The first-order valence-corrected chi connectivity index (χ1v) is 6.34. The molecule has 0 atom stereocenters. The summed E-state index contributed by atoms with van der Waals surface area (Å²) in [6.45, 7) is 3.14. The van der Waals surface area contributed by atoms with Gasteiger partial charge < -0.3 is 5.73 Å². The van der Waals surface area contributed by atoms with Crippen molar-refractivity contribution >= 4 is 22.4 Å². The van der Waals surface area contributed by atoms with Crippen molar-refractivity contribution in [2.75, 3.05) is 6.54 Å². The van der Waals surface area contributed by atoms with Gasteiger partial charge in [-0.3, -0.25) is 0 Å². The van der Waals surface area contributed by atoms with Gasteiger partial charge in [0.25, 0.3) is 0 Å². The van der Waals surface area contributed by atoms with Crippen LogP contribution < -0.4 is 10.5 Å². The van der Waals surface area contributed by atoms with Crippen LogP contribution in [-0.2, 0) is 10.0 Å². The third-order valence-corrected chi connectivity index (χ3v) is 3.32. The van der Waals surface area contributed by atoms with E-state index in [0.717, 1.165) is 12.1 Å². The summed E-state index contributed by atoms with van der Waals surface area (Å²) >= 11 is 0. The molecule has 0 aliphatic carbocycles. The first-order chi connectivity index (χ1) is 7.62. The van der Waals surface area contributed by atoms with Crippen molar-refractivity contribution in [1.82, 2.24) is 4.72 Å². The molecule has 1 rings (SSSR count). The zero-order valence-corrected chi connectivity index (χ0v) is 11.5. The highest BCUT2D eigenvalue weighted by atomic mass is 35.5. The van der Waals surface area contributed by atoms with Crippen LogP contribution in [-0.4, -0.2) is 20.5 Å². The second-order valence-corrected chi connectivity index (χ2v) is 6.12. The fourth-order valence-corrected chi connectivity index (χ4v) is 2.35. The molecular formula is C10H15ClF2N2O2S. The Morgan fingerprint density at radius 1 is 1.33 bits per heavy atom. The predicted octanol–water partition coefficient (Wildman–Crippen LogP) is 1.40. The fourth-order valence-electron chi connectivity index (χ4n) is 1.04. The van der Waals surface area contributed by atoms with Crippen LogP contribution in [0.4, 0.5) is 8.78 Å². The molecule has 4 nitrogen and oxygen atoms in total. The molecule has 0 aliphatic rings. The average molecular weight is 301 g/mol. The first-order valence-electron chi connectivity index (χ1n) is 4.85. The van der Waals surface area contributed by atoms with Crippen molar-refractivity contribution in [3.05, 3.63) is 29.8 Å². The fraction of sp³-hybridized carbons (Fsp3) is 0.400. The van der Waals surface area contributed by atoms with Crippen molar-refractivity contribution in [3.8, 4) is 0 Å². The smallest absolute Gasteiger partial charge is 0.243 e. The van der Waals surface area contributed by atoms with Crippen LogP contribution >= 0.6 is 12.4 Å². The summed E-state index contributed by atoms with van der Waals surface area (Å²) in [4.78, 5) is -0.721. The van der Waals surface area contributed by atoms with Crippen molar-refractivity contribution in [2.45, 2.75) is 24.3 Å². The Bertz CT molecular complexity index is 515. The Kier molecular flexibility index (Phi) is 5.67. The average Bonchev–Trinajstić information content (AvgIpc) is 2.18. The molecule has 1 aromatic carbocycles. The molecule has 0 fully saturated rings. The van der Waals surface area contributed by atoms with E-state index in [4.69, 9.17) is 5.73 Å². The van der Waals surface area contributed by atoms with Gasteiger partial charge in [-0.15, -0.1) is 12.4 Å². The summed E-state index contributed by atoms with van der Waals surface area (Å²) in [5.74, 6) is -1.83. The molecule has 1 aromatic rings. The largest absolute Gasteiger partial charge is 0.324 e. The monoisotopic (exact) mass is 300 g/mol. The Morgan fingerprint density at radius 2 is 1.89 bits per heavy atom. The van der Waals surface area contributed by atoms with Gasteiger partial charge in [0.05, 0.1) is 0 Å². The number of nitrogens with two attached hydrogens (primary N) is 1. The molecule has 0 unspecified atom stereocenters. The molecular weight excluding hydrogens is 286 g/mol. The van der Waals surface area contributed by atoms with E-state index < -0.39 is 32.1 Å². The molecule has 0 radical (unpaired) electrons. The van der Waals surface area contributed by atoms with Gasteiger partial charge in [0.1, 0.15) is 16.5 Å². The Morgan fingerprint density at radius 3 is 2.39 bits per heavy atom. The highest BCUT2D eigenvalue weighted by Crippen LogP contribution is 2.15. The van der Waals surface area contributed by atoms with Crippen LogP contribution in [0.3, 0.4) is 0 Å². The first kappa shape index (κ1) is 17.2. The van der Waals surface area contributed by atoms with Crippen LogP contribution in [0.2, 0.25) is 0 Å². The quantitative estimate of drug-likeness (QED) is 0.883. The molecule has 0 amide bonds. The standard InChI is InChI=1S/C10H14F2N2O2S.ClH/c1-10(2,13)6-14-17(15,16)9-5-7(11)3-4-8(9)12;/h3-5,14H,6,13H2,1-2H3;1H. The van der Waals surface area contributed by atoms with Gasteiger partial charge in [-0.2, -0.15) is 0 Å². The lowest BCUT2D eigenvalue weighted by Crippen LogP contribution is -2.45. The number of hydrogen-bond acceptors (Lipinski definition) is 3. The van der Waals surface area contributed by atoms with Crippen LogP contribution in [0.5, 0.6) is 0 Å². The molecule has 0 saturated carbocycles. The van der Waals surface area contributed by atoms with Crippen molar-refractivity contribution in [1.29, 1.82) is 0 Å². The minimum absolute atomic E-state index is 0. The maximum absolute atomic E-state index is 13.3. The lowest BCUT2D eigenvalue weighted by atomic mass is 10.1. The minimum atomic E-state index is -4.09. The number of halogens is 3. The van der Waals surface area contributed by atoms with Crippen molar-refractivity contribution in [2.24, 2.45) is 5.73 Å². The molecule has 0 saturated heterocycles. The second-order valence-electron chi connectivity index (χ2n) is 4.39. The van der Waals surface area contributed by atoms with Crippen molar-refractivity contribution < 1.29 is 17.2 Å². The molecule has 0 aliphatic heterocycles. The van der Waals surface area contributed by atoms with Gasteiger partial charge in [0.15, 0.2) is 0 Å². The lowest BCUT2D eigenvalue weighted by Gasteiger charge is -2.19. The van der Waals surface area contributed by atoms with Crippen LogP contribution in [0.1, 0.15) is 13.8 Å². The van der Waals surface area contributed by atoms with E-state index >= 15 is 0 Å². The summed E-state index contributed by atoms with van der Waals surface area (Å²) in [5, 5.41) is 0. The zero-order valence-electron chi connectivity index (χ0n) is 9.91. The summed E-state index contributed by atoms with van der Waals surface area (Å²) in [5.41, 5.74) is 4.81. The molecule has 0 bridgehead atoms. The molecule has 18 heavy (non-hydrogen) atoms. The number of hydrogen-bond donors (Lipinski definition) is 2. The minimum Gasteiger partial charge on any atom is -0.324 e. The molecule has 0 aromatic heterocycles. The molecule has 3 N–H and O–H groups in total. The normalized spacial score (nSPS) is 12.1. The van der Waals surface area contributed by atoms with Gasteiger partial charge in [-0.1, -0.05) is 0 Å². The van der Waals surface area contributed by atoms with Crippen LogP contribution in [0, 0.1) is 11.6 Å². The Hall–Kier alpha value is -0.760. The SMILES string of the molecule is CC(C)(N)CNS(=O)(=O)c1cc(F)ccc1F.Cl. The van der Waals surface area contributed by atoms with E-state index in [0.29, 0.717) is 6.07 Å². The zero-order chi connectivity index (χ0) is 13.3. The van der Waals surface area contributed by atoms with Gasteiger partial charge in [-0.25, -0.2) is 21.9 Å². The third-order valence-electron chi connectivity index (χ3n) is 1.90. The predicted molar refractivity (Wildman–Crippen MR) is 67.1 cm³/mol. The third kappa shape index (κ3) is 4.85. The molecule has 104 valence electrons. The van der Waals surface area contributed by atoms with Gasteiger partial charge in [0.2, 0.25) is 10.0 Å². The van der Waals surface area contributed by atoms with E-state index in [1.54, 1.807) is 13.8 Å². The van der Waals surface area contributed by atoms with Crippen LogP contribution in [0.15, 0.2) is 23.1 Å². The topological polar surface area (TPSA) is 72.2 Å². The number of rotatable bonds is 4.